The highest BCUT2D eigenvalue weighted by molar-refractivity contribution is 9.10. The summed E-state index contributed by atoms with van der Waals surface area (Å²) in [6.07, 6.45) is -1.69. The van der Waals surface area contributed by atoms with Gasteiger partial charge in [0.25, 0.3) is 17.8 Å². The average Bonchev–Trinajstić information content (AvgIpc) is 2.18. The topological polar surface area (TPSA) is 32.6 Å². The maximum atomic E-state index is 13.3. The van der Waals surface area contributed by atoms with Gasteiger partial charge in [0.1, 0.15) is 5.82 Å². The molecule has 0 aliphatic heterocycles. The Morgan fingerprint density at radius 2 is 2.12 bits per heavy atom. The predicted octanol–water partition coefficient (Wildman–Crippen LogP) is 3.28. The van der Waals surface area contributed by atoms with Gasteiger partial charge < -0.3 is 0 Å². The molecule has 0 spiro atoms. The van der Waals surface area contributed by atoms with Gasteiger partial charge in [0.05, 0.1) is 0 Å². The maximum Gasteiger partial charge on any atom is 0.286 e. The normalized spacial score (nSPS) is 14.3. The van der Waals surface area contributed by atoms with Gasteiger partial charge in [0, 0.05) is 10.0 Å². The molecule has 1 N–H and O–H groups in total. The van der Waals surface area contributed by atoms with Crippen LogP contribution in [0.5, 0.6) is 0 Å². The summed E-state index contributed by atoms with van der Waals surface area (Å²) >= 11 is 1.50. The standard InChI is InChI=1S/C9H8BrF3NOS/c1-16(15)14-8(9(12)13)6-4-5(10)2-3-7(6)11/h2-4,9,15H,1H3/q+1/b14-8+. The van der Waals surface area contributed by atoms with E-state index in [0.29, 0.717) is 4.47 Å². The van der Waals surface area contributed by atoms with E-state index >= 15 is 0 Å². The summed E-state index contributed by atoms with van der Waals surface area (Å²) in [7, 11) is 0. The maximum absolute atomic E-state index is 13.3. The molecule has 1 aromatic carbocycles. The Morgan fingerprint density at radius 3 is 2.62 bits per heavy atom. The Labute approximate surface area is 102 Å². The average molecular weight is 315 g/mol. The van der Waals surface area contributed by atoms with Crippen molar-refractivity contribution < 1.29 is 17.7 Å². The van der Waals surface area contributed by atoms with E-state index in [4.69, 9.17) is 4.55 Å². The molecule has 7 heteroatoms. The fourth-order valence-corrected chi connectivity index (χ4v) is 1.87. The lowest BCUT2D eigenvalue weighted by molar-refractivity contribution is 0.226. The fourth-order valence-electron chi connectivity index (χ4n) is 1.04. The second-order valence-electron chi connectivity index (χ2n) is 2.85. The third kappa shape index (κ3) is 3.50. The highest BCUT2D eigenvalue weighted by Gasteiger charge is 2.24. The van der Waals surface area contributed by atoms with Crippen molar-refractivity contribution in [2.24, 2.45) is 4.40 Å². The SMILES string of the molecule is C[S+](O)/N=C(\c1cc(Br)ccc1F)C(F)F. The summed E-state index contributed by atoms with van der Waals surface area (Å²) in [4.78, 5) is 0. The molecule has 0 aliphatic rings. The van der Waals surface area contributed by atoms with Crippen LogP contribution in [0.2, 0.25) is 0 Å². The Morgan fingerprint density at radius 1 is 1.50 bits per heavy atom. The zero-order valence-corrected chi connectivity index (χ0v) is 10.5. The van der Waals surface area contributed by atoms with E-state index in [1.807, 2.05) is 0 Å². The van der Waals surface area contributed by atoms with Crippen molar-refractivity contribution in [2.75, 3.05) is 6.26 Å². The van der Waals surface area contributed by atoms with Crippen molar-refractivity contribution in [2.45, 2.75) is 6.43 Å². The van der Waals surface area contributed by atoms with Crippen LogP contribution in [0.25, 0.3) is 0 Å². The van der Waals surface area contributed by atoms with Crippen LogP contribution in [0.1, 0.15) is 5.56 Å². The first kappa shape index (κ1) is 13.5. The smallest absolute Gasteiger partial charge is 0.206 e. The summed E-state index contributed by atoms with van der Waals surface area (Å²) in [5.41, 5.74) is -1.05. The van der Waals surface area contributed by atoms with E-state index < -0.39 is 29.3 Å². The van der Waals surface area contributed by atoms with Gasteiger partial charge >= 0.3 is 0 Å². The van der Waals surface area contributed by atoms with Crippen molar-refractivity contribution in [3.63, 3.8) is 0 Å². The highest BCUT2D eigenvalue weighted by atomic mass is 79.9. The minimum Gasteiger partial charge on any atom is -0.206 e. The largest absolute Gasteiger partial charge is 0.286 e. The molecule has 0 heterocycles. The lowest BCUT2D eigenvalue weighted by atomic mass is 10.1. The van der Waals surface area contributed by atoms with E-state index in [1.54, 1.807) is 0 Å². The van der Waals surface area contributed by atoms with Crippen LogP contribution in [-0.2, 0) is 11.4 Å². The molecule has 0 bridgehead atoms. The van der Waals surface area contributed by atoms with Gasteiger partial charge in [-0.1, -0.05) is 15.9 Å². The van der Waals surface area contributed by atoms with Crippen LogP contribution in [0, 0.1) is 5.82 Å². The molecule has 1 aromatic rings. The van der Waals surface area contributed by atoms with E-state index in [-0.39, 0.29) is 5.56 Å². The summed E-state index contributed by atoms with van der Waals surface area (Å²) in [5, 5.41) is 0. The molecule has 0 amide bonds. The van der Waals surface area contributed by atoms with Crippen molar-refractivity contribution in [1.29, 1.82) is 0 Å². The lowest BCUT2D eigenvalue weighted by Gasteiger charge is -2.04. The number of halogens is 4. The molecule has 0 aliphatic carbocycles. The van der Waals surface area contributed by atoms with Gasteiger partial charge in [-0.2, -0.15) is 4.55 Å². The quantitative estimate of drug-likeness (QED) is 0.674. The number of hydrogen-bond donors (Lipinski definition) is 1. The second kappa shape index (κ2) is 5.70. The molecule has 88 valence electrons. The molecule has 0 radical (unpaired) electrons. The zero-order chi connectivity index (χ0) is 12.3. The number of benzene rings is 1. The van der Waals surface area contributed by atoms with Crippen LogP contribution in [-0.4, -0.2) is 22.9 Å². The first-order chi connectivity index (χ1) is 7.41. The Balaban J connectivity index is 3.26. The van der Waals surface area contributed by atoms with Gasteiger partial charge in [0.15, 0.2) is 12.0 Å². The van der Waals surface area contributed by atoms with E-state index in [1.165, 1.54) is 18.4 Å². The molecular formula is C9H8BrF3NOS+. The molecular weight excluding hydrogens is 307 g/mol. The van der Waals surface area contributed by atoms with Crippen LogP contribution >= 0.6 is 15.9 Å². The molecule has 1 atom stereocenters. The monoisotopic (exact) mass is 314 g/mol. The molecule has 0 aromatic heterocycles. The van der Waals surface area contributed by atoms with Crippen molar-refractivity contribution >= 4 is 33.0 Å². The van der Waals surface area contributed by atoms with Gasteiger partial charge in [-0.15, -0.1) is 0 Å². The second-order valence-corrected chi connectivity index (χ2v) is 4.84. The lowest BCUT2D eigenvalue weighted by Crippen LogP contribution is -2.16. The fraction of sp³-hybridized carbons (Fsp3) is 0.222. The third-order valence-corrected chi connectivity index (χ3v) is 2.60. The summed E-state index contributed by atoms with van der Waals surface area (Å²) < 4.78 is 51.4. The molecule has 1 rings (SSSR count). The minimum atomic E-state index is -2.94. The van der Waals surface area contributed by atoms with Crippen molar-refractivity contribution in [3.05, 3.63) is 34.1 Å². The van der Waals surface area contributed by atoms with Crippen LogP contribution < -0.4 is 0 Å². The summed E-state index contributed by atoms with van der Waals surface area (Å²) in [6.45, 7) is 0. The summed E-state index contributed by atoms with van der Waals surface area (Å²) in [5.74, 6) is -0.798. The van der Waals surface area contributed by atoms with Gasteiger partial charge in [0.2, 0.25) is 0 Å². The number of rotatable bonds is 3. The minimum absolute atomic E-state index is 0.308. The number of alkyl halides is 2. The van der Waals surface area contributed by atoms with Crippen molar-refractivity contribution in [3.8, 4) is 0 Å². The number of hydrogen-bond acceptors (Lipinski definition) is 2. The number of nitrogens with zero attached hydrogens (tertiary/aromatic N) is 1. The van der Waals surface area contributed by atoms with Gasteiger partial charge in [-0.05, 0) is 22.6 Å². The molecule has 0 saturated carbocycles. The molecule has 0 fully saturated rings. The molecule has 2 nitrogen and oxygen atoms in total. The Bertz CT molecular complexity index is 412. The first-order valence-electron chi connectivity index (χ1n) is 4.09. The van der Waals surface area contributed by atoms with E-state index in [0.717, 1.165) is 6.07 Å². The highest BCUT2D eigenvalue weighted by Crippen LogP contribution is 2.19. The first-order valence-corrected chi connectivity index (χ1v) is 6.43. The molecule has 0 saturated heterocycles. The zero-order valence-electron chi connectivity index (χ0n) is 8.12. The van der Waals surface area contributed by atoms with Crippen molar-refractivity contribution in [1.82, 2.24) is 0 Å². The summed E-state index contributed by atoms with van der Waals surface area (Å²) in [6, 6.07) is 3.65. The van der Waals surface area contributed by atoms with Gasteiger partial charge in [-0.25, -0.2) is 13.2 Å². The predicted molar refractivity (Wildman–Crippen MR) is 62.6 cm³/mol. The molecule has 1 unspecified atom stereocenters. The third-order valence-electron chi connectivity index (χ3n) is 1.64. The van der Waals surface area contributed by atoms with Gasteiger partial charge in [-0.3, -0.25) is 0 Å². The van der Waals surface area contributed by atoms with E-state index in [9.17, 15) is 13.2 Å². The Hall–Kier alpha value is -0.530. The van der Waals surface area contributed by atoms with E-state index in [2.05, 4.69) is 20.3 Å². The Kier molecular flexibility index (Phi) is 4.82. The van der Waals surface area contributed by atoms with Crippen LogP contribution in [0.15, 0.2) is 27.1 Å². The molecule has 16 heavy (non-hydrogen) atoms. The van der Waals surface area contributed by atoms with Crippen LogP contribution in [0.3, 0.4) is 0 Å². The van der Waals surface area contributed by atoms with Crippen LogP contribution in [0.4, 0.5) is 13.2 Å².